The molecule has 1 aliphatic rings. The maximum Gasteiger partial charge on any atom is 0.416 e. The quantitative estimate of drug-likeness (QED) is 0.917. The SMILES string of the molecule is FC(F)(F)c1ccc(CNc2ccc3c(n2)CCC3)cc1. The number of halogens is 3. The standard InChI is InChI=1S/C16H15F3N2/c17-16(18,19)13-7-4-11(5-8-13)10-20-15-9-6-12-2-1-3-14(12)21-15/h4-9H,1-3,10H2,(H,20,21). The van der Waals surface area contributed by atoms with E-state index in [1.165, 1.54) is 17.7 Å². The van der Waals surface area contributed by atoms with Crippen LogP contribution in [0.5, 0.6) is 0 Å². The molecule has 2 nitrogen and oxygen atoms in total. The highest BCUT2D eigenvalue weighted by atomic mass is 19.4. The number of anilines is 1. The van der Waals surface area contributed by atoms with Crippen LogP contribution in [-0.2, 0) is 25.6 Å². The molecule has 0 spiro atoms. The minimum Gasteiger partial charge on any atom is -0.366 e. The molecule has 2 aromatic rings. The summed E-state index contributed by atoms with van der Waals surface area (Å²) in [7, 11) is 0. The van der Waals surface area contributed by atoms with Crippen LogP contribution in [0.2, 0.25) is 0 Å². The van der Waals surface area contributed by atoms with Crippen molar-refractivity contribution in [2.24, 2.45) is 0 Å². The summed E-state index contributed by atoms with van der Waals surface area (Å²) in [5, 5.41) is 3.16. The zero-order chi connectivity index (χ0) is 14.9. The zero-order valence-electron chi connectivity index (χ0n) is 11.4. The summed E-state index contributed by atoms with van der Waals surface area (Å²) >= 11 is 0. The van der Waals surface area contributed by atoms with Crippen LogP contribution in [0.4, 0.5) is 19.0 Å². The molecule has 1 aliphatic carbocycles. The number of alkyl halides is 3. The highest BCUT2D eigenvalue weighted by Crippen LogP contribution is 2.29. The lowest BCUT2D eigenvalue weighted by Crippen LogP contribution is -2.06. The van der Waals surface area contributed by atoms with Crippen LogP contribution < -0.4 is 5.32 Å². The number of aryl methyl sites for hydroxylation is 2. The van der Waals surface area contributed by atoms with Crippen LogP contribution in [0.3, 0.4) is 0 Å². The average molecular weight is 292 g/mol. The Balaban J connectivity index is 1.65. The lowest BCUT2D eigenvalue weighted by molar-refractivity contribution is -0.137. The summed E-state index contributed by atoms with van der Waals surface area (Å²) in [5.74, 6) is 0.774. The largest absolute Gasteiger partial charge is 0.416 e. The Bertz CT molecular complexity index is 633. The average Bonchev–Trinajstić information content (AvgIpc) is 2.92. The number of fused-ring (bicyclic) bond motifs is 1. The van der Waals surface area contributed by atoms with Gasteiger partial charge in [0, 0.05) is 12.2 Å². The van der Waals surface area contributed by atoms with Crippen molar-refractivity contribution in [2.75, 3.05) is 5.32 Å². The molecule has 1 aromatic carbocycles. The number of nitrogens with zero attached hydrogens (tertiary/aromatic N) is 1. The minimum absolute atomic E-state index is 0.462. The smallest absolute Gasteiger partial charge is 0.366 e. The van der Waals surface area contributed by atoms with E-state index in [2.05, 4.69) is 16.4 Å². The van der Waals surface area contributed by atoms with Crippen LogP contribution in [0, 0.1) is 0 Å². The molecule has 21 heavy (non-hydrogen) atoms. The number of benzene rings is 1. The van der Waals surface area contributed by atoms with Crippen molar-refractivity contribution in [3.05, 3.63) is 58.8 Å². The highest BCUT2D eigenvalue weighted by molar-refractivity contribution is 5.41. The first kappa shape index (κ1) is 13.9. The second-order valence-corrected chi connectivity index (χ2v) is 5.20. The third-order valence-electron chi connectivity index (χ3n) is 3.68. The summed E-state index contributed by atoms with van der Waals surface area (Å²) in [6, 6.07) is 9.19. The molecule has 0 fully saturated rings. The van der Waals surface area contributed by atoms with E-state index in [4.69, 9.17) is 0 Å². The van der Waals surface area contributed by atoms with Gasteiger partial charge in [-0.15, -0.1) is 0 Å². The first-order valence-corrected chi connectivity index (χ1v) is 6.91. The van der Waals surface area contributed by atoms with E-state index in [1.807, 2.05) is 6.07 Å². The van der Waals surface area contributed by atoms with E-state index in [9.17, 15) is 13.2 Å². The maximum absolute atomic E-state index is 12.5. The fourth-order valence-electron chi connectivity index (χ4n) is 2.52. The van der Waals surface area contributed by atoms with Crippen molar-refractivity contribution in [3.8, 4) is 0 Å². The molecule has 0 saturated carbocycles. The molecule has 3 rings (SSSR count). The van der Waals surface area contributed by atoms with Gasteiger partial charge >= 0.3 is 6.18 Å². The van der Waals surface area contributed by atoms with Crippen molar-refractivity contribution < 1.29 is 13.2 Å². The van der Waals surface area contributed by atoms with Crippen LogP contribution in [0.15, 0.2) is 36.4 Å². The second-order valence-electron chi connectivity index (χ2n) is 5.20. The predicted molar refractivity (Wildman–Crippen MR) is 75.0 cm³/mol. The van der Waals surface area contributed by atoms with E-state index in [0.29, 0.717) is 6.54 Å². The Labute approximate surface area is 121 Å². The van der Waals surface area contributed by atoms with Gasteiger partial charge in [0.1, 0.15) is 5.82 Å². The third-order valence-corrected chi connectivity index (χ3v) is 3.68. The van der Waals surface area contributed by atoms with Gasteiger partial charge in [-0.05, 0) is 48.6 Å². The van der Waals surface area contributed by atoms with E-state index in [1.54, 1.807) is 0 Å². The van der Waals surface area contributed by atoms with Gasteiger partial charge in [0.05, 0.1) is 5.56 Å². The van der Waals surface area contributed by atoms with Gasteiger partial charge in [0.15, 0.2) is 0 Å². The molecule has 0 amide bonds. The van der Waals surface area contributed by atoms with Gasteiger partial charge in [0.25, 0.3) is 0 Å². The number of hydrogen-bond acceptors (Lipinski definition) is 2. The number of nitrogens with one attached hydrogen (secondary N) is 1. The first-order chi connectivity index (χ1) is 10.0. The highest BCUT2D eigenvalue weighted by Gasteiger charge is 2.29. The van der Waals surface area contributed by atoms with E-state index in [-0.39, 0.29) is 0 Å². The van der Waals surface area contributed by atoms with E-state index < -0.39 is 11.7 Å². The van der Waals surface area contributed by atoms with Crippen molar-refractivity contribution in [2.45, 2.75) is 32.0 Å². The second kappa shape index (κ2) is 5.39. The molecule has 0 atom stereocenters. The normalized spacial score (nSPS) is 14.0. The predicted octanol–water partition coefficient (Wildman–Crippen LogP) is 4.20. The molecule has 110 valence electrons. The van der Waals surface area contributed by atoms with Gasteiger partial charge < -0.3 is 5.32 Å². The number of hydrogen-bond donors (Lipinski definition) is 1. The van der Waals surface area contributed by atoms with Gasteiger partial charge in [0.2, 0.25) is 0 Å². The molecule has 0 radical (unpaired) electrons. The summed E-state index contributed by atoms with van der Waals surface area (Å²) in [5.41, 5.74) is 2.61. The molecule has 0 bridgehead atoms. The van der Waals surface area contributed by atoms with Crippen molar-refractivity contribution in [3.63, 3.8) is 0 Å². The van der Waals surface area contributed by atoms with Crippen molar-refractivity contribution in [1.29, 1.82) is 0 Å². The topological polar surface area (TPSA) is 24.9 Å². The summed E-state index contributed by atoms with van der Waals surface area (Å²) < 4.78 is 37.4. The Morgan fingerprint density at radius 1 is 1.00 bits per heavy atom. The molecular formula is C16H15F3N2. The Morgan fingerprint density at radius 3 is 2.48 bits per heavy atom. The van der Waals surface area contributed by atoms with Gasteiger partial charge in [-0.3, -0.25) is 0 Å². The monoisotopic (exact) mass is 292 g/mol. The summed E-state index contributed by atoms with van der Waals surface area (Å²) in [6.45, 7) is 0.462. The summed E-state index contributed by atoms with van der Waals surface area (Å²) in [6.07, 6.45) is -1.05. The molecular weight excluding hydrogens is 277 g/mol. The lowest BCUT2D eigenvalue weighted by atomic mass is 10.1. The third kappa shape index (κ3) is 3.17. The molecule has 5 heteroatoms. The maximum atomic E-state index is 12.5. The fourth-order valence-corrected chi connectivity index (χ4v) is 2.52. The number of aromatic nitrogens is 1. The van der Waals surface area contributed by atoms with Gasteiger partial charge in [-0.1, -0.05) is 18.2 Å². The zero-order valence-corrected chi connectivity index (χ0v) is 11.4. The van der Waals surface area contributed by atoms with Gasteiger partial charge in [-0.2, -0.15) is 13.2 Å². The first-order valence-electron chi connectivity index (χ1n) is 6.91. The lowest BCUT2D eigenvalue weighted by Gasteiger charge is -2.09. The van der Waals surface area contributed by atoms with Crippen LogP contribution >= 0.6 is 0 Å². The fraction of sp³-hybridized carbons (Fsp3) is 0.312. The Morgan fingerprint density at radius 2 is 1.76 bits per heavy atom. The Kier molecular flexibility index (Phi) is 3.57. The van der Waals surface area contributed by atoms with Crippen LogP contribution in [-0.4, -0.2) is 4.98 Å². The Hall–Kier alpha value is -2.04. The molecule has 0 unspecified atom stereocenters. The van der Waals surface area contributed by atoms with Crippen molar-refractivity contribution in [1.82, 2.24) is 4.98 Å². The summed E-state index contributed by atoms with van der Waals surface area (Å²) in [4.78, 5) is 4.53. The minimum atomic E-state index is -4.28. The number of rotatable bonds is 3. The number of pyridine rings is 1. The molecule has 0 saturated heterocycles. The molecule has 1 heterocycles. The van der Waals surface area contributed by atoms with Crippen LogP contribution in [0.25, 0.3) is 0 Å². The van der Waals surface area contributed by atoms with Crippen LogP contribution in [0.1, 0.15) is 28.8 Å². The molecule has 1 N–H and O–H groups in total. The molecule has 1 aromatic heterocycles. The van der Waals surface area contributed by atoms with Crippen molar-refractivity contribution >= 4 is 5.82 Å². The van der Waals surface area contributed by atoms with E-state index in [0.717, 1.165) is 48.5 Å². The van der Waals surface area contributed by atoms with E-state index >= 15 is 0 Å². The van der Waals surface area contributed by atoms with Gasteiger partial charge in [-0.25, -0.2) is 4.98 Å². The molecule has 0 aliphatic heterocycles.